The number of carbonyl (C=O) groups is 1. The van der Waals surface area contributed by atoms with E-state index in [1.54, 1.807) is 7.11 Å². The molecule has 0 aliphatic heterocycles. The number of nitrogens with two attached hydrogens (primary N) is 1. The molecule has 0 aromatic carbocycles. The molecule has 0 aliphatic carbocycles. The summed E-state index contributed by atoms with van der Waals surface area (Å²) in [5.74, 6) is 4.84. The highest BCUT2D eigenvalue weighted by Crippen LogP contribution is 1.81. The number of hydrogen-bond acceptors (Lipinski definition) is 4. The summed E-state index contributed by atoms with van der Waals surface area (Å²) in [4.78, 5) is 10.5. The number of rotatable bonds is 7. The Morgan fingerprint density at radius 1 is 1.38 bits per heavy atom. The second-order valence-electron chi connectivity index (χ2n) is 2.36. The zero-order valence-electron chi connectivity index (χ0n) is 7.84. The molecule has 6 heteroatoms. The Hall–Kier alpha value is -0.850. The van der Waals surface area contributed by atoms with Gasteiger partial charge in [0.05, 0.1) is 13.2 Å². The summed E-state index contributed by atoms with van der Waals surface area (Å²) in [6.45, 7) is 2.33. The third-order valence-corrected chi connectivity index (χ3v) is 1.31. The molecular weight excluding hydrogens is 174 g/mol. The van der Waals surface area contributed by atoms with E-state index in [-0.39, 0.29) is 6.03 Å². The molecule has 0 bridgehead atoms. The minimum Gasteiger partial charge on any atom is -0.382 e. The Labute approximate surface area is 77.7 Å². The van der Waals surface area contributed by atoms with Gasteiger partial charge in [0.1, 0.15) is 0 Å². The van der Waals surface area contributed by atoms with Crippen molar-refractivity contribution < 1.29 is 14.3 Å². The van der Waals surface area contributed by atoms with Crippen molar-refractivity contribution in [2.45, 2.75) is 6.42 Å². The largest absolute Gasteiger partial charge is 0.382 e. The van der Waals surface area contributed by atoms with E-state index in [0.29, 0.717) is 26.4 Å². The zero-order valence-corrected chi connectivity index (χ0v) is 7.84. The monoisotopic (exact) mass is 191 g/mol. The molecule has 0 aromatic heterocycles. The molecule has 78 valence electrons. The SMILES string of the molecule is COCCOCCCNC(=O)NN. The third kappa shape index (κ3) is 9.06. The predicted octanol–water partition coefficient (Wildman–Crippen LogP) is -0.788. The molecule has 0 radical (unpaired) electrons. The fraction of sp³-hybridized carbons (Fsp3) is 0.857. The molecule has 4 N–H and O–H groups in total. The lowest BCUT2D eigenvalue weighted by atomic mass is 10.4. The fourth-order valence-electron chi connectivity index (χ4n) is 0.672. The van der Waals surface area contributed by atoms with Crippen molar-refractivity contribution in [3.8, 4) is 0 Å². The van der Waals surface area contributed by atoms with Crippen LogP contribution in [0.4, 0.5) is 4.79 Å². The molecule has 0 rings (SSSR count). The number of methoxy groups -OCH3 is 1. The Bertz CT molecular complexity index is 132. The molecule has 13 heavy (non-hydrogen) atoms. The maximum absolute atomic E-state index is 10.5. The average molecular weight is 191 g/mol. The summed E-state index contributed by atoms with van der Waals surface area (Å²) in [5, 5.41) is 2.54. The lowest BCUT2D eigenvalue weighted by Crippen LogP contribution is -2.40. The van der Waals surface area contributed by atoms with Crippen LogP contribution in [-0.2, 0) is 9.47 Å². The van der Waals surface area contributed by atoms with Crippen LogP contribution in [0.25, 0.3) is 0 Å². The molecule has 0 fully saturated rings. The van der Waals surface area contributed by atoms with Crippen molar-refractivity contribution in [3.05, 3.63) is 0 Å². The number of nitrogens with one attached hydrogen (secondary N) is 2. The Morgan fingerprint density at radius 3 is 2.77 bits per heavy atom. The maximum Gasteiger partial charge on any atom is 0.328 e. The second-order valence-corrected chi connectivity index (χ2v) is 2.36. The van der Waals surface area contributed by atoms with E-state index in [0.717, 1.165) is 6.42 Å². The maximum atomic E-state index is 10.5. The molecule has 0 unspecified atom stereocenters. The van der Waals surface area contributed by atoms with Gasteiger partial charge >= 0.3 is 6.03 Å². The van der Waals surface area contributed by atoms with Crippen molar-refractivity contribution in [2.24, 2.45) is 5.84 Å². The van der Waals surface area contributed by atoms with Gasteiger partial charge in [0, 0.05) is 20.3 Å². The van der Waals surface area contributed by atoms with Gasteiger partial charge in [-0.2, -0.15) is 0 Å². The van der Waals surface area contributed by atoms with E-state index in [1.165, 1.54) is 0 Å². The van der Waals surface area contributed by atoms with Crippen molar-refractivity contribution >= 4 is 6.03 Å². The first-order valence-electron chi connectivity index (χ1n) is 4.12. The molecule has 0 atom stereocenters. The first-order valence-corrected chi connectivity index (χ1v) is 4.12. The normalized spacial score (nSPS) is 9.69. The summed E-state index contributed by atoms with van der Waals surface area (Å²) < 4.78 is 9.94. The van der Waals surface area contributed by atoms with Gasteiger partial charge in [0.2, 0.25) is 0 Å². The van der Waals surface area contributed by atoms with Crippen LogP contribution in [-0.4, -0.2) is 39.5 Å². The topological polar surface area (TPSA) is 85.6 Å². The molecule has 0 saturated heterocycles. The Morgan fingerprint density at radius 2 is 2.15 bits per heavy atom. The average Bonchev–Trinajstić information content (AvgIpc) is 2.16. The van der Waals surface area contributed by atoms with Crippen molar-refractivity contribution in [1.82, 2.24) is 10.7 Å². The van der Waals surface area contributed by atoms with Gasteiger partial charge < -0.3 is 14.8 Å². The van der Waals surface area contributed by atoms with Crippen LogP contribution in [0.1, 0.15) is 6.42 Å². The van der Waals surface area contributed by atoms with E-state index in [2.05, 4.69) is 5.32 Å². The minimum atomic E-state index is -0.378. The Kier molecular flexibility index (Phi) is 8.64. The molecule has 0 spiro atoms. The number of hydrogen-bond donors (Lipinski definition) is 3. The second kappa shape index (κ2) is 9.24. The van der Waals surface area contributed by atoms with Gasteiger partial charge in [0.25, 0.3) is 0 Å². The molecule has 0 saturated carbocycles. The quantitative estimate of drug-likeness (QED) is 0.213. The van der Waals surface area contributed by atoms with E-state index in [9.17, 15) is 4.79 Å². The lowest BCUT2D eigenvalue weighted by Gasteiger charge is -2.04. The number of ether oxygens (including phenoxy) is 2. The van der Waals surface area contributed by atoms with Crippen LogP contribution in [0.2, 0.25) is 0 Å². The van der Waals surface area contributed by atoms with E-state index in [4.69, 9.17) is 15.3 Å². The van der Waals surface area contributed by atoms with Crippen LogP contribution in [0.15, 0.2) is 0 Å². The van der Waals surface area contributed by atoms with Gasteiger partial charge in [-0.25, -0.2) is 10.6 Å². The predicted molar refractivity (Wildman–Crippen MR) is 48.0 cm³/mol. The highest BCUT2D eigenvalue weighted by molar-refractivity contribution is 5.72. The van der Waals surface area contributed by atoms with Crippen molar-refractivity contribution in [1.29, 1.82) is 0 Å². The molecule has 0 heterocycles. The van der Waals surface area contributed by atoms with Gasteiger partial charge in [-0.05, 0) is 6.42 Å². The highest BCUT2D eigenvalue weighted by atomic mass is 16.5. The summed E-state index contributed by atoms with van der Waals surface area (Å²) in [5.41, 5.74) is 1.97. The number of amides is 2. The fourth-order valence-corrected chi connectivity index (χ4v) is 0.672. The van der Waals surface area contributed by atoms with Crippen LogP contribution < -0.4 is 16.6 Å². The standard InChI is InChI=1S/C7H17N3O3/c1-12-5-6-13-4-2-3-9-7(11)10-8/h2-6,8H2,1H3,(H2,9,10,11). The van der Waals surface area contributed by atoms with Crippen LogP contribution in [0.3, 0.4) is 0 Å². The lowest BCUT2D eigenvalue weighted by molar-refractivity contribution is 0.0697. The molecule has 0 aliphatic rings. The summed E-state index contributed by atoms with van der Waals surface area (Å²) in [6.07, 6.45) is 0.761. The first kappa shape index (κ1) is 12.2. The van der Waals surface area contributed by atoms with Gasteiger partial charge in [-0.15, -0.1) is 0 Å². The Balaban J connectivity index is 2.95. The van der Waals surface area contributed by atoms with Crippen LogP contribution >= 0.6 is 0 Å². The van der Waals surface area contributed by atoms with Crippen molar-refractivity contribution in [2.75, 3.05) is 33.5 Å². The van der Waals surface area contributed by atoms with Gasteiger partial charge in [-0.1, -0.05) is 0 Å². The van der Waals surface area contributed by atoms with Crippen LogP contribution in [0, 0.1) is 0 Å². The van der Waals surface area contributed by atoms with E-state index < -0.39 is 0 Å². The van der Waals surface area contributed by atoms with E-state index >= 15 is 0 Å². The van der Waals surface area contributed by atoms with Gasteiger partial charge in [0.15, 0.2) is 0 Å². The first-order chi connectivity index (χ1) is 6.31. The minimum absolute atomic E-state index is 0.378. The molecule has 2 amide bonds. The smallest absolute Gasteiger partial charge is 0.328 e. The summed E-state index contributed by atoms with van der Waals surface area (Å²) in [6, 6.07) is -0.378. The van der Waals surface area contributed by atoms with E-state index in [1.807, 2.05) is 5.43 Å². The summed E-state index contributed by atoms with van der Waals surface area (Å²) >= 11 is 0. The van der Waals surface area contributed by atoms with Crippen molar-refractivity contribution in [3.63, 3.8) is 0 Å². The molecule has 6 nitrogen and oxygen atoms in total. The number of hydrazine groups is 1. The van der Waals surface area contributed by atoms with Crippen LogP contribution in [0.5, 0.6) is 0 Å². The summed E-state index contributed by atoms with van der Waals surface area (Å²) in [7, 11) is 1.62. The molecular formula is C7H17N3O3. The number of urea groups is 1. The number of carbonyl (C=O) groups excluding carboxylic acids is 1. The highest BCUT2D eigenvalue weighted by Gasteiger charge is 1.94. The zero-order chi connectivity index (χ0) is 9.94. The third-order valence-electron chi connectivity index (χ3n) is 1.31. The van der Waals surface area contributed by atoms with Gasteiger partial charge in [-0.3, -0.25) is 5.43 Å². The molecule has 0 aromatic rings.